The number of thioether (sulfide) groups is 1. The summed E-state index contributed by atoms with van der Waals surface area (Å²) < 4.78 is 0.257. The zero-order chi connectivity index (χ0) is 11.5. The van der Waals surface area contributed by atoms with Crippen molar-refractivity contribution in [1.82, 2.24) is 9.97 Å². The molecule has 0 aliphatic heterocycles. The molecule has 1 heterocycles. The fraction of sp³-hybridized carbons (Fsp3) is 0.600. The molecular formula is C10H13IN2O2S. The number of aromatic amines is 1. The van der Waals surface area contributed by atoms with Gasteiger partial charge in [0.05, 0.1) is 5.75 Å². The Kier molecular flexibility index (Phi) is 4.12. The van der Waals surface area contributed by atoms with Crippen molar-refractivity contribution < 1.29 is 5.11 Å². The highest BCUT2D eigenvalue weighted by atomic mass is 127. The molecule has 6 heteroatoms. The lowest BCUT2D eigenvalue weighted by molar-refractivity contribution is 0.444. The summed E-state index contributed by atoms with van der Waals surface area (Å²) in [6.07, 6.45) is 5.12. The Labute approximate surface area is 111 Å². The minimum atomic E-state index is -0.255. The lowest BCUT2D eigenvalue weighted by atomic mass is 10.4. The predicted octanol–water partition coefficient (Wildman–Crippen LogP) is 2.26. The van der Waals surface area contributed by atoms with E-state index < -0.39 is 0 Å². The van der Waals surface area contributed by atoms with Crippen molar-refractivity contribution in [1.29, 1.82) is 0 Å². The van der Waals surface area contributed by atoms with E-state index in [4.69, 9.17) is 0 Å². The number of aromatic nitrogens is 2. The van der Waals surface area contributed by atoms with Crippen LogP contribution in [0.1, 0.15) is 31.5 Å². The van der Waals surface area contributed by atoms with E-state index >= 15 is 0 Å². The maximum Gasteiger partial charge on any atom is 0.268 e. The molecule has 0 aromatic carbocycles. The summed E-state index contributed by atoms with van der Waals surface area (Å²) in [6, 6.07) is 0. The number of halogens is 1. The van der Waals surface area contributed by atoms with Crippen molar-refractivity contribution in [2.45, 2.75) is 36.7 Å². The van der Waals surface area contributed by atoms with Crippen LogP contribution in [0.3, 0.4) is 0 Å². The third-order valence-corrected chi connectivity index (χ3v) is 5.01. The maximum absolute atomic E-state index is 11.4. The normalized spacial score (nSPS) is 16.8. The van der Waals surface area contributed by atoms with Gasteiger partial charge in [-0.15, -0.1) is 0 Å². The van der Waals surface area contributed by atoms with Crippen molar-refractivity contribution in [3.8, 4) is 5.88 Å². The molecular weight excluding hydrogens is 339 g/mol. The molecule has 1 aliphatic carbocycles. The fourth-order valence-electron chi connectivity index (χ4n) is 1.81. The zero-order valence-electron chi connectivity index (χ0n) is 8.70. The number of aromatic hydroxyl groups is 1. The third kappa shape index (κ3) is 2.91. The Morgan fingerprint density at radius 3 is 2.81 bits per heavy atom. The first-order valence-corrected chi connectivity index (χ1v) is 7.39. The number of rotatable bonds is 3. The molecule has 0 saturated heterocycles. The molecule has 2 rings (SSSR count). The smallest absolute Gasteiger partial charge is 0.268 e. The number of nitrogens with one attached hydrogen (secondary N) is 1. The van der Waals surface area contributed by atoms with Gasteiger partial charge in [-0.1, -0.05) is 12.8 Å². The largest absolute Gasteiger partial charge is 0.492 e. The molecule has 0 bridgehead atoms. The zero-order valence-corrected chi connectivity index (χ0v) is 11.7. The minimum absolute atomic E-state index is 0.161. The topological polar surface area (TPSA) is 66.0 Å². The van der Waals surface area contributed by atoms with Gasteiger partial charge >= 0.3 is 0 Å². The first-order chi connectivity index (χ1) is 7.66. The molecule has 1 aliphatic rings. The summed E-state index contributed by atoms with van der Waals surface area (Å²) in [6.45, 7) is 0. The average Bonchev–Trinajstić information content (AvgIpc) is 2.75. The predicted molar refractivity (Wildman–Crippen MR) is 72.8 cm³/mol. The molecule has 0 atom stereocenters. The van der Waals surface area contributed by atoms with Crippen LogP contribution in [-0.2, 0) is 5.75 Å². The Balaban J connectivity index is 2.01. The molecule has 0 spiro atoms. The molecule has 1 saturated carbocycles. The molecule has 2 N–H and O–H groups in total. The van der Waals surface area contributed by atoms with E-state index in [1.807, 2.05) is 11.8 Å². The summed E-state index contributed by atoms with van der Waals surface area (Å²) in [5.41, 5.74) is -0.255. The van der Waals surface area contributed by atoms with Gasteiger partial charge in [-0.25, -0.2) is 0 Å². The van der Waals surface area contributed by atoms with Gasteiger partial charge in [-0.2, -0.15) is 16.7 Å². The van der Waals surface area contributed by atoms with Crippen LogP contribution in [0.2, 0.25) is 0 Å². The van der Waals surface area contributed by atoms with E-state index in [9.17, 15) is 9.90 Å². The SMILES string of the molecule is O=c1[nH]c(CSC2CCCC2)nc(O)c1I. The molecule has 1 aromatic rings. The molecule has 1 aromatic heterocycles. The highest BCUT2D eigenvalue weighted by Crippen LogP contribution is 2.31. The quantitative estimate of drug-likeness (QED) is 0.819. The van der Waals surface area contributed by atoms with Gasteiger partial charge in [0.2, 0.25) is 5.88 Å². The highest BCUT2D eigenvalue weighted by Gasteiger charge is 2.16. The van der Waals surface area contributed by atoms with Gasteiger partial charge < -0.3 is 10.1 Å². The number of nitrogens with zero attached hydrogens (tertiary/aromatic N) is 1. The van der Waals surface area contributed by atoms with E-state index in [0.717, 1.165) is 0 Å². The van der Waals surface area contributed by atoms with Crippen LogP contribution in [0.25, 0.3) is 0 Å². The molecule has 0 amide bonds. The summed E-state index contributed by atoms with van der Waals surface area (Å²) in [4.78, 5) is 18.0. The molecule has 0 unspecified atom stereocenters. The Hall–Kier alpha value is -0.240. The Morgan fingerprint density at radius 1 is 1.50 bits per heavy atom. The molecule has 1 fully saturated rings. The van der Waals surface area contributed by atoms with Crippen LogP contribution in [0, 0.1) is 3.57 Å². The molecule has 0 radical (unpaired) electrons. The Bertz CT molecular complexity index is 429. The van der Waals surface area contributed by atoms with E-state index in [0.29, 0.717) is 16.8 Å². The number of hydrogen-bond acceptors (Lipinski definition) is 4. The van der Waals surface area contributed by atoms with Crippen molar-refractivity contribution in [2.75, 3.05) is 0 Å². The lowest BCUT2D eigenvalue weighted by Gasteiger charge is -2.08. The molecule has 4 nitrogen and oxygen atoms in total. The molecule has 88 valence electrons. The van der Waals surface area contributed by atoms with E-state index in [-0.39, 0.29) is 15.0 Å². The van der Waals surface area contributed by atoms with Crippen LogP contribution in [0.5, 0.6) is 5.88 Å². The summed E-state index contributed by atoms with van der Waals surface area (Å²) >= 11 is 3.60. The fourth-order valence-corrected chi connectivity index (χ4v) is 3.26. The maximum atomic E-state index is 11.4. The van der Waals surface area contributed by atoms with Crippen LogP contribution in [0.15, 0.2) is 4.79 Å². The second-order valence-corrected chi connectivity index (χ2v) is 6.24. The van der Waals surface area contributed by atoms with Crippen molar-refractivity contribution in [2.24, 2.45) is 0 Å². The van der Waals surface area contributed by atoms with Gasteiger partial charge in [0.25, 0.3) is 5.56 Å². The van der Waals surface area contributed by atoms with Crippen LogP contribution in [0.4, 0.5) is 0 Å². The highest BCUT2D eigenvalue weighted by molar-refractivity contribution is 14.1. The van der Waals surface area contributed by atoms with Crippen LogP contribution < -0.4 is 5.56 Å². The number of H-pyrrole nitrogens is 1. The number of hydrogen-bond donors (Lipinski definition) is 2. The third-order valence-electron chi connectivity index (χ3n) is 2.65. The van der Waals surface area contributed by atoms with Crippen LogP contribution >= 0.6 is 34.4 Å². The van der Waals surface area contributed by atoms with E-state index in [1.165, 1.54) is 25.7 Å². The Morgan fingerprint density at radius 2 is 2.19 bits per heavy atom. The summed E-state index contributed by atoms with van der Waals surface area (Å²) in [5, 5.41) is 10.1. The van der Waals surface area contributed by atoms with Gasteiger partial charge in [0, 0.05) is 5.25 Å². The monoisotopic (exact) mass is 352 g/mol. The summed E-state index contributed by atoms with van der Waals surface area (Å²) in [7, 11) is 0. The van der Waals surface area contributed by atoms with Gasteiger partial charge in [0.1, 0.15) is 9.39 Å². The van der Waals surface area contributed by atoms with Crippen molar-refractivity contribution in [3.63, 3.8) is 0 Å². The lowest BCUT2D eigenvalue weighted by Crippen LogP contribution is -2.14. The van der Waals surface area contributed by atoms with Gasteiger partial charge in [-0.05, 0) is 35.4 Å². The standard InChI is InChI=1S/C10H13IN2O2S/c11-8-9(14)12-7(13-10(8)15)5-16-6-3-1-2-4-6/h6H,1-5H2,(H2,12,13,14,15). The van der Waals surface area contributed by atoms with Crippen LogP contribution in [-0.4, -0.2) is 20.3 Å². The van der Waals surface area contributed by atoms with Crippen molar-refractivity contribution in [3.05, 3.63) is 19.7 Å². The van der Waals surface area contributed by atoms with Crippen molar-refractivity contribution >= 4 is 34.4 Å². The second kappa shape index (κ2) is 5.39. The molecule has 16 heavy (non-hydrogen) atoms. The minimum Gasteiger partial charge on any atom is -0.492 e. The average molecular weight is 352 g/mol. The second-order valence-electron chi connectivity index (χ2n) is 3.87. The van der Waals surface area contributed by atoms with E-state index in [1.54, 1.807) is 22.6 Å². The first kappa shape index (κ1) is 12.2. The van der Waals surface area contributed by atoms with Gasteiger partial charge in [-0.3, -0.25) is 4.79 Å². The van der Waals surface area contributed by atoms with Gasteiger partial charge in [0.15, 0.2) is 0 Å². The first-order valence-electron chi connectivity index (χ1n) is 5.26. The summed E-state index contributed by atoms with van der Waals surface area (Å²) in [5.74, 6) is 1.08. The van der Waals surface area contributed by atoms with E-state index in [2.05, 4.69) is 9.97 Å².